The van der Waals surface area contributed by atoms with Crippen molar-refractivity contribution in [1.82, 2.24) is 4.48 Å². The first-order valence-corrected chi connectivity index (χ1v) is 14.6. The van der Waals surface area contributed by atoms with Crippen LogP contribution in [0.5, 0.6) is 5.75 Å². The Balaban J connectivity index is 1.85. The normalized spacial score (nSPS) is 14.8. The number of carbonyl (C=O) groups is 1. The SMILES string of the molecule is C=CC(=O)Nc1ccc(/C(=C2N=C(/C=C/c3cc(C(C)(C)C)cc(C(C)(C)C)c3OC)C=C/2C)c2cccn2B(F)F)cc1. The lowest BCUT2D eigenvalue weighted by Gasteiger charge is -2.28. The maximum Gasteiger partial charge on any atom is 0.677 e. The van der Waals surface area contributed by atoms with E-state index >= 15 is 0 Å². The van der Waals surface area contributed by atoms with E-state index in [1.165, 1.54) is 17.8 Å². The number of ether oxygens (including phenoxy) is 1. The highest BCUT2D eigenvalue weighted by Gasteiger charge is 2.27. The zero-order chi connectivity index (χ0) is 32.4. The lowest BCUT2D eigenvalue weighted by Crippen LogP contribution is -2.18. The van der Waals surface area contributed by atoms with Gasteiger partial charge in [0.05, 0.1) is 18.5 Å². The highest BCUT2D eigenvalue weighted by molar-refractivity contribution is 6.41. The van der Waals surface area contributed by atoms with Gasteiger partial charge in [-0.25, -0.2) is 4.99 Å². The van der Waals surface area contributed by atoms with Crippen molar-refractivity contribution >= 4 is 36.4 Å². The second-order valence-corrected chi connectivity index (χ2v) is 12.9. The largest absolute Gasteiger partial charge is 0.677 e. The molecule has 1 aliphatic rings. The highest BCUT2D eigenvalue weighted by Crippen LogP contribution is 2.39. The van der Waals surface area contributed by atoms with Gasteiger partial charge in [0.25, 0.3) is 0 Å². The fraction of sp³-hybridized carbons (Fsp3) is 0.278. The summed E-state index contributed by atoms with van der Waals surface area (Å²) in [5.74, 6) is 0.480. The molecule has 1 amide bonds. The average molecular weight is 596 g/mol. The molecule has 0 aliphatic carbocycles. The monoisotopic (exact) mass is 595 g/mol. The number of carbonyl (C=O) groups excluding carboxylic acids is 1. The molecule has 1 aliphatic heterocycles. The first kappa shape index (κ1) is 32.5. The molecule has 0 spiro atoms. The Kier molecular flexibility index (Phi) is 9.33. The van der Waals surface area contributed by atoms with Crippen LogP contribution in [0.15, 0.2) is 95.8 Å². The third kappa shape index (κ3) is 7.02. The van der Waals surface area contributed by atoms with Crippen molar-refractivity contribution in [2.24, 2.45) is 4.99 Å². The van der Waals surface area contributed by atoms with Crippen molar-refractivity contribution in [3.8, 4) is 5.75 Å². The summed E-state index contributed by atoms with van der Waals surface area (Å²) in [4.78, 5) is 16.7. The van der Waals surface area contributed by atoms with E-state index in [1.54, 1.807) is 43.5 Å². The number of benzene rings is 2. The quantitative estimate of drug-likeness (QED) is 0.209. The fourth-order valence-electron chi connectivity index (χ4n) is 5.14. The smallest absolute Gasteiger partial charge is 0.496 e. The zero-order valence-corrected chi connectivity index (χ0v) is 26.8. The number of anilines is 1. The molecule has 1 N–H and O–H groups in total. The van der Waals surface area contributed by atoms with E-state index in [-0.39, 0.29) is 16.7 Å². The van der Waals surface area contributed by atoms with Gasteiger partial charge in [-0.2, -0.15) is 0 Å². The van der Waals surface area contributed by atoms with E-state index in [4.69, 9.17) is 9.73 Å². The zero-order valence-electron chi connectivity index (χ0n) is 26.8. The molecule has 5 nitrogen and oxygen atoms in total. The van der Waals surface area contributed by atoms with Gasteiger partial charge in [-0.05, 0) is 95.3 Å². The standard InChI is InChI=1S/C36H40BF2N3O2/c1-10-31(43)40-27-16-13-24(14-17-27)32(30-12-11-19-42(30)37(38)39)33-23(2)20-28(41-33)18-15-25-21-26(35(3,4)5)22-29(34(25)44-9)36(6,7)8/h10-22H,1H2,2-9H3,(H,40,43)/b18-15+,33-32-. The van der Waals surface area contributed by atoms with E-state index in [1.807, 2.05) is 25.2 Å². The van der Waals surface area contributed by atoms with Crippen LogP contribution in [0, 0.1) is 0 Å². The highest BCUT2D eigenvalue weighted by atomic mass is 19.2. The number of hydrogen-bond donors (Lipinski definition) is 1. The number of aromatic nitrogens is 1. The van der Waals surface area contributed by atoms with E-state index in [2.05, 4.69) is 65.6 Å². The van der Waals surface area contributed by atoms with Crippen molar-refractivity contribution in [2.45, 2.75) is 59.3 Å². The van der Waals surface area contributed by atoms with Gasteiger partial charge in [0.15, 0.2) is 0 Å². The van der Waals surface area contributed by atoms with Crippen LogP contribution in [0.3, 0.4) is 0 Å². The van der Waals surface area contributed by atoms with Crippen molar-refractivity contribution in [3.05, 3.63) is 119 Å². The predicted molar refractivity (Wildman–Crippen MR) is 180 cm³/mol. The molecule has 0 bridgehead atoms. The van der Waals surface area contributed by atoms with Crippen molar-refractivity contribution in [3.63, 3.8) is 0 Å². The molecular formula is C36H40BF2N3O2. The lowest BCUT2D eigenvalue weighted by molar-refractivity contribution is -0.111. The molecule has 4 rings (SSSR count). The minimum absolute atomic E-state index is 0.0648. The summed E-state index contributed by atoms with van der Waals surface area (Å²) in [5, 5.41) is 2.72. The van der Waals surface area contributed by atoms with Gasteiger partial charge < -0.3 is 14.5 Å². The van der Waals surface area contributed by atoms with Crippen LogP contribution < -0.4 is 10.1 Å². The van der Waals surface area contributed by atoms with Crippen LogP contribution in [0.25, 0.3) is 11.6 Å². The molecule has 3 aromatic rings. The predicted octanol–water partition coefficient (Wildman–Crippen LogP) is 8.86. The number of nitrogens with zero attached hydrogens (tertiary/aromatic N) is 2. The van der Waals surface area contributed by atoms with Gasteiger partial charge >= 0.3 is 7.40 Å². The lowest BCUT2D eigenvalue weighted by atomic mass is 9.79. The van der Waals surface area contributed by atoms with E-state index in [9.17, 15) is 13.4 Å². The maximum atomic E-state index is 14.1. The Morgan fingerprint density at radius 1 is 1.02 bits per heavy atom. The second-order valence-electron chi connectivity index (χ2n) is 12.9. The molecule has 228 valence electrons. The number of aliphatic imine (C=N–C) groups is 1. The van der Waals surface area contributed by atoms with Gasteiger partial charge in [0.2, 0.25) is 5.91 Å². The summed E-state index contributed by atoms with van der Waals surface area (Å²) in [7, 11) is -1.04. The van der Waals surface area contributed by atoms with E-state index in [0.29, 0.717) is 33.9 Å². The molecule has 1 aromatic heterocycles. The summed E-state index contributed by atoms with van der Waals surface area (Å²) >= 11 is 0. The van der Waals surface area contributed by atoms with Gasteiger partial charge in [-0.15, -0.1) is 0 Å². The van der Waals surface area contributed by atoms with Crippen LogP contribution in [0.4, 0.5) is 14.3 Å². The molecular weight excluding hydrogens is 555 g/mol. The summed E-state index contributed by atoms with van der Waals surface area (Å²) in [5.41, 5.74) is 7.37. The summed E-state index contributed by atoms with van der Waals surface area (Å²) < 4.78 is 35.0. The minimum atomic E-state index is -2.73. The number of halogens is 2. The Labute approximate surface area is 259 Å². The Morgan fingerprint density at radius 3 is 2.27 bits per heavy atom. The molecule has 0 saturated carbocycles. The molecule has 44 heavy (non-hydrogen) atoms. The Bertz CT molecular complexity index is 1700. The molecule has 0 fully saturated rings. The van der Waals surface area contributed by atoms with Crippen LogP contribution in [-0.4, -0.2) is 30.6 Å². The molecule has 2 aromatic carbocycles. The minimum Gasteiger partial charge on any atom is -0.496 e. The van der Waals surface area contributed by atoms with Gasteiger partial charge in [-0.3, -0.25) is 13.4 Å². The number of amides is 1. The van der Waals surface area contributed by atoms with Crippen LogP contribution in [0.2, 0.25) is 0 Å². The summed E-state index contributed by atoms with van der Waals surface area (Å²) in [6, 6.07) is 14.7. The first-order valence-electron chi connectivity index (χ1n) is 14.6. The molecule has 0 saturated heterocycles. The third-order valence-corrected chi connectivity index (χ3v) is 7.52. The average Bonchev–Trinajstić information content (AvgIpc) is 3.58. The van der Waals surface area contributed by atoms with Crippen LogP contribution in [-0.2, 0) is 15.6 Å². The molecule has 0 atom stereocenters. The van der Waals surface area contributed by atoms with Crippen molar-refractivity contribution in [1.29, 1.82) is 0 Å². The maximum absolute atomic E-state index is 14.1. The van der Waals surface area contributed by atoms with Gasteiger partial charge in [-0.1, -0.05) is 66.3 Å². The van der Waals surface area contributed by atoms with E-state index in [0.717, 1.165) is 26.9 Å². The summed E-state index contributed by atoms with van der Waals surface area (Å²) in [6.45, 7) is 18.5. The number of nitrogens with one attached hydrogen (secondary N) is 1. The van der Waals surface area contributed by atoms with Gasteiger partial charge in [0.1, 0.15) is 5.75 Å². The van der Waals surface area contributed by atoms with Crippen molar-refractivity contribution < 1.29 is 18.2 Å². The Hall–Kier alpha value is -4.46. The first-order chi connectivity index (χ1) is 20.6. The molecule has 0 radical (unpaired) electrons. The number of allylic oxidation sites excluding steroid dienone is 3. The van der Waals surface area contributed by atoms with E-state index < -0.39 is 7.40 Å². The van der Waals surface area contributed by atoms with Crippen LogP contribution in [0.1, 0.15) is 76.4 Å². The van der Waals surface area contributed by atoms with Crippen molar-refractivity contribution in [2.75, 3.05) is 12.4 Å². The second kappa shape index (κ2) is 12.6. The number of methoxy groups -OCH3 is 1. The molecule has 8 heteroatoms. The van der Waals surface area contributed by atoms with Crippen LogP contribution >= 0.6 is 0 Å². The topological polar surface area (TPSA) is 55.6 Å². The third-order valence-electron chi connectivity index (χ3n) is 7.52. The number of rotatable bonds is 8. The number of hydrogen-bond acceptors (Lipinski definition) is 3. The molecule has 2 heterocycles. The summed E-state index contributed by atoms with van der Waals surface area (Å²) in [6.07, 6.45) is 8.44. The Morgan fingerprint density at radius 2 is 1.70 bits per heavy atom. The molecule has 0 unspecified atom stereocenters. The van der Waals surface area contributed by atoms with Gasteiger partial charge in [0, 0.05) is 28.1 Å². The fourth-order valence-corrected chi connectivity index (χ4v) is 5.14.